The maximum atomic E-state index is 3.29. The molecule has 0 aliphatic heterocycles. The van der Waals surface area contributed by atoms with Gasteiger partial charge in [-0.15, -0.1) is 0 Å². The molecule has 1 unspecified atom stereocenters. The fraction of sp³-hybridized carbons (Fsp3) is 0.538. The molecule has 0 radical (unpaired) electrons. The number of benzene rings is 1. The molecule has 1 rings (SSSR count). The first-order chi connectivity index (χ1) is 6.65. The van der Waals surface area contributed by atoms with E-state index in [-0.39, 0.29) is 0 Å². The number of hydrogen-bond donors (Lipinski definition) is 1. The van der Waals surface area contributed by atoms with E-state index in [2.05, 4.69) is 50.4 Å². The molecule has 78 valence electrons. The van der Waals surface area contributed by atoms with Gasteiger partial charge in [-0.25, -0.2) is 0 Å². The fourth-order valence-electron chi connectivity index (χ4n) is 1.74. The largest absolute Gasteiger partial charge is 0.313 e. The Morgan fingerprint density at radius 2 is 1.79 bits per heavy atom. The highest BCUT2D eigenvalue weighted by molar-refractivity contribution is 5.29. The number of rotatable bonds is 4. The SMILES string of the molecule is CNC(C)c1ccccc1CC(C)C. The highest BCUT2D eigenvalue weighted by Crippen LogP contribution is 2.19. The Morgan fingerprint density at radius 3 is 2.36 bits per heavy atom. The Balaban J connectivity index is 2.91. The lowest BCUT2D eigenvalue weighted by Crippen LogP contribution is -2.14. The average Bonchev–Trinajstić information content (AvgIpc) is 2.16. The molecule has 1 nitrogen and oxygen atoms in total. The Labute approximate surface area is 87.5 Å². The monoisotopic (exact) mass is 191 g/mol. The third-order valence-electron chi connectivity index (χ3n) is 2.58. The molecule has 0 aliphatic rings. The van der Waals surface area contributed by atoms with E-state index in [1.54, 1.807) is 0 Å². The molecule has 0 spiro atoms. The van der Waals surface area contributed by atoms with Crippen molar-refractivity contribution >= 4 is 0 Å². The van der Waals surface area contributed by atoms with Gasteiger partial charge in [0.25, 0.3) is 0 Å². The third kappa shape index (κ3) is 2.85. The van der Waals surface area contributed by atoms with Crippen LogP contribution in [0.1, 0.15) is 37.9 Å². The van der Waals surface area contributed by atoms with Crippen LogP contribution in [0.15, 0.2) is 24.3 Å². The van der Waals surface area contributed by atoms with Gasteiger partial charge in [0.15, 0.2) is 0 Å². The van der Waals surface area contributed by atoms with Gasteiger partial charge in [-0.3, -0.25) is 0 Å². The predicted octanol–water partition coefficient (Wildman–Crippen LogP) is 3.17. The van der Waals surface area contributed by atoms with Crippen molar-refractivity contribution in [3.8, 4) is 0 Å². The maximum Gasteiger partial charge on any atom is 0.0291 e. The van der Waals surface area contributed by atoms with Crippen LogP contribution in [0.4, 0.5) is 0 Å². The van der Waals surface area contributed by atoms with Gasteiger partial charge in [-0.2, -0.15) is 0 Å². The van der Waals surface area contributed by atoms with Crippen LogP contribution in [0.3, 0.4) is 0 Å². The van der Waals surface area contributed by atoms with Gasteiger partial charge >= 0.3 is 0 Å². The Hall–Kier alpha value is -0.820. The first-order valence-electron chi connectivity index (χ1n) is 5.40. The lowest BCUT2D eigenvalue weighted by atomic mass is 9.94. The quantitative estimate of drug-likeness (QED) is 0.771. The zero-order valence-corrected chi connectivity index (χ0v) is 9.67. The molecule has 14 heavy (non-hydrogen) atoms. The Bertz CT molecular complexity index is 278. The van der Waals surface area contributed by atoms with Crippen LogP contribution in [0.5, 0.6) is 0 Å². The molecule has 0 aliphatic carbocycles. The van der Waals surface area contributed by atoms with Crippen LogP contribution in [0, 0.1) is 5.92 Å². The summed E-state index contributed by atoms with van der Waals surface area (Å²) in [5, 5.41) is 3.29. The highest BCUT2D eigenvalue weighted by atomic mass is 14.9. The van der Waals surface area contributed by atoms with Crippen molar-refractivity contribution in [2.75, 3.05) is 7.05 Å². The Morgan fingerprint density at radius 1 is 1.14 bits per heavy atom. The number of nitrogens with one attached hydrogen (secondary N) is 1. The van der Waals surface area contributed by atoms with Crippen molar-refractivity contribution in [1.29, 1.82) is 0 Å². The summed E-state index contributed by atoms with van der Waals surface area (Å²) in [5.41, 5.74) is 2.91. The molecular weight excluding hydrogens is 170 g/mol. The molecule has 1 aromatic rings. The third-order valence-corrected chi connectivity index (χ3v) is 2.58. The van der Waals surface area contributed by atoms with Crippen LogP contribution >= 0.6 is 0 Å². The molecule has 1 heteroatoms. The molecule has 0 aromatic heterocycles. The summed E-state index contributed by atoms with van der Waals surface area (Å²) in [6, 6.07) is 9.16. The highest BCUT2D eigenvalue weighted by Gasteiger charge is 2.08. The van der Waals surface area contributed by atoms with Crippen molar-refractivity contribution < 1.29 is 0 Å². The van der Waals surface area contributed by atoms with E-state index < -0.39 is 0 Å². The van der Waals surface area contributed by atoms with Crippen LogP contribution in [0.25, 0.3) is 0 Å². The summed E-state index contributed by atoms with van der Waals surface area (Å²) in [6.45, 7) is 6.74. The zero-order valence-electron chi connectivity index (χ0n) is 9.67. The van der Waals surface area contributed by atoms with E-state index >= 15 is 0 Å². The van der Waals surface area contributed by atoms with Crippen molar-refractivity contribution in [2.45, 2.75) is 33.2 Å². The summed E-state index contributed by atoms with van der Waals surface area (Å²) >= 11 is 0. The minimum absolute atomic E-state index is 0.449. The molecule has 0 saturated carbocycles. The van der Waals surface area contributed by atoms with E-state index in [9.17, 15) is 0 Å². The molecule has 0 fully saturated rings. The second-order valence-corrected chi connectivity index (χ2v) is 4.31. The van der Waals surface area contributed by atoms with Gasteiger partial charge in [0.05, 0.1) is 0 Å². The summed E-state index contributed by atoms with van der Waals surface area (Å²) < 4.78 is 0. The molecule has 0 heterocycles. The molecule has 0 amide bonds. The van der Waals surface area contributed by atoms with E-state index in [0.717, 1.165) is 5.92 Å². The van der Waals surface area contributed by atoms with Crippen molar-refractivity contribution in [1.82, 2.24) is 5.32 Å². The predicted molar refractivity (Wildman–Crippen MR) is 62.5 cm³/mol. The van der Waals surface area contributed by atoms with E-state index in [0.29, 0.717) is 6.04 Å². The van der Waals surface area contributed by atoms with Crippen LogP contribution < -0.4 is 5.32 Å². The lowest BCUT2D eigenvalue weighted by Gasteiger charge is -2.16. The topological polar surface area (TPSA) is 12.0 Å². The van der Waals surface area contributed by atoms with Crippen LogP contribution in [-0.2, 0) is 6.42 Å². The van der Waals surface area contributed by atoms with Gasteiger partial charge in [0.2, 0.25) is 0 Å². The van der Waals surface area contributed by atoms with E-state index in [1.807, 2.05) is 7.05 Å². The first kappa shape index (κ1) is 11.3. The molecule has 1 atom stereocenters. The van der Waals surface area contributed by atoms with Crippen LogP contribution in [0.2, 0.25) is 0 Å². The normalized spacial score (nSPS) is 13.2. The van der Waals surface area contributed by atoms with E-state index in [1.165, 1.54) is 17.5 Å². The van der Waals surface area contributed by atoms with Gasteiger partial charge in [0.1, 0.15) is 0 Å². The smallest absolute Gasteiger partial charge is 0.0291 e. The second kappa shape index (κ2) is 5.16. The van der Waals surface area contributed by atoms with E-state index in [4.69, 9.17) is 0 Å². The second-order valence-electron chi connectivity index (χ2n) is 4.31. The summed E-state index contributed by atoms with van der Waals surface area (Å²) in [7, 11) is 2.01. The lowest BCUT2D eigenvalue weighted by molar-refractivity contribution is 0.610. The molecule has 0 bridgehead atoms. The van der Waals surface area contributed by atoms with Gasteiger partial charge in [-0.1, -0.05) is 38.1 Å². The number of hydrogen-bond acceptors (Lipinski definition) is 1. The minimum atomic E-state index is 0.449. The summed E-state index contributed by atoms with van der Waals surface area (Å²) in [5.74, 6) is 0.722. The maximum absolute atomic E-state index is 3.29. The van der Waals surface area contributed by atoms with Crippen molar-refractivity contribution in [3.63, 3.8) is 0 Å². The van der Waals surface area contributed by atoms with Crippen molar-refractivity contribution in [3.05, 3.63) is 35.4 Å². The standard InChI is InChI=1S/C13H21N/c1-10(2)9-12-7-5-6-8-13(12)11(3)14-4/h5-8,10-11,14H,9H2,1-4H3. The van der Waals surface area contributed by atoms with Crippen LogP contribution in [-0.4, -0.2) is 7.05 Å². The first-order valence-corrected chi connectivity index (χ1v) is 5.40. The molecular formula is C13H21N. The minimum Gasteiger partial charge on any atom is -0.313 e. The van der Waals surface area contributed by atoms with Gasteiger partial charge in [0, 0.05) is 6.04 Å². The molecule has 0 saturated heterocycles. The van der Waals surface area contributed by atoms with Crippen molar-refractivity contribution in [2.24, 2.45) is 5.92 Å². The Kier molecular flexibility index (Phi) is 4.15. The van der Waals surface area contributed by atoms with Gasteiger partial charge in [-0.05, 0) is 37.4 Å². The zero-order chi connectivity index (χ0) is 10.6. The average molecular weight is 191 g/mol. The fourth-order valence-corrected chi connectivity index (χ4v) is 1.74. The summed E-state index contributed by atoms with van der Waals surface area (Å²) in [4.78, 5) is 0. The molecule has 1 aromatic carbocycles. The van der Waals surface area contributed by atoms with Gasteiger partial charge < -0.3 is 5.32 Å². The molecule has 1 N–H and O–H groups in total. The summed E-state index contributed by atoms with van der Waals surface area (Å²) in [6.07, 6.45) is 1.17.